The van der Waals surface area contributed by atoms with Crippen LogP contribution >= 0.6 is 11.6 Å². The molecule has 23 heavy (non-hydrogen) atoms. The number of hydrogen-bond donors (Lipinski definition) is 0. The van der Waals surface area contributed by atoms with Crippen LogP contribution in [-0.4, -0.2) is 28.2 Å². The van der Waals surface area contributed by atoms with Crippen LogP contribution in [0, 0.1) is 0 Å². The Hall–Kier alpha value is -1.31. The van der Waals surface area contributed by atoms with Crippen LogP contribution in [0.4, 0.5) is 0 Å². The normalized spacial score (nSPS) is 20.3. The molecule has 2 aromatic carbocycles. The van der Waals surface area contributed by atoms with Gasteiger partial charge in [0.05, 0.1) is 0 Å². The van der Waals surface area contributed by atoms with Gasteiger partial charge in [0.25, 0.3) is 0 Å². The Labute approximate surface area is 148 Å². The van der Waals surface area contributed by atoms with Gasteiger partial charge in [-0.25, -0.2) is 0 Å². The van der Waals surface area contributed by atoms with E-state index < -0.39 is 0 Å². The van der Waals surface area contributed by atoms with Gasteiger partial charge in [0.15, 0.2) is 0 Å². The molecule has 0 aromatic heterocycles. The molecule has 1 heterocycles. The van der Waals surface area contributed by atoms with Gasteiger partial charge in [0.2, 0.25) is 0 Å². The topological polar surface area (TPSA) is 9.23 Å². The fraction of sp³-hybridized carbons (Fsp3) is 0.200. The Morgan fingerprint density at radius 1 is 1.00 bits per heavy atom. The minimum absolute atomic E-state index is 0.340. The van der Waals surface area contributed by atoms with E-state index in [9.17, 15) is 0 Å². The maximum absolute atomic E-state index is 6.26. The molecule has 116 valence electrons. The number of hydrogen-bond acceptors (Lipinski definition) is 1. The molecule has 0 radical (unpaired) electrons. The maximum atomic E-state index is 6.26. The Morgan fingerprint density at radius 3 is 2.57 bits per heavy atom. The summed E-state index contributed by atoms with van der Waals surface area (Å²) in [6.07, 6.45) is 0. The van der Waals surface area contributed by atoms with Crippen molar-refractivity contribution in [3.63, 3.8) is 0 Å². The van der Waals surface area contributed by atoms with Crippen molar-refractivity contribution in [1.29, 1.82) is 0 Å². The molecule has 0 saturated carbocycles. The van der Waals surface area contributed by atoms with Crippen molar-refractivity contribution in [3.8, 4) is 0 Å². The van der Waals surface area contributed by atoms with Gasteiger partial charge in [-0.2, -0.15) is 0 Å². The quantitative estimate of drug-likeness (QED) is 0.679. The van der Waals surface area contributed by atoms with Gasteiger partial charge in [0, 0.05) is 0 Å². The molecule has 0 bridgehead atoms. The number of rotatable bonds is 3. The first-order valence-electron chi connectivity index (χ1n) is 7.68. The summed E-state index contributed by atoms with van der Waals surface area (Å²) in [4.78, 5) is 0. The van der Waals surface area contributed by atoms with Crippen LogP contribution in [-0.2, 0) is 4.74 Å². The van der Waals surface area contributed by atoms with Gasteiger partial charge >= 0.3 is 148 Å². The SMILES string of the molecule is C[Se]C1=C2C(=C(c3ccccc3)C2c2cccc(Cl)c2)COC1. The zero-order valence-corrected chi connectivity index (χ0v) is 15.4. The van der Waals surface area contributed by atoms with Gasteiger partial charge < -0.3 is 0 Å². The summed E-state index contributed by atoms with van der Waals surface area (Å²) in [5.74, 6) is 2.61. The van der Waals surface area contributed by atoms with Gasteiger partial charge in [-0.1, -0.05) is 0 Å². The second kappa shape index (κ2) is 6.30. The molecule has 0 fully saturated rings. The van der Waals surface area contributed by atoms with Gasteiger partial charge in [-0.15, -0.1) is 0 Å². The van der Waals surface area contributed by atoms with E-state index in [1.807, 2.05) is 6.07 Å². The summed E-state index contributed by atoms with van der Waals surface area (Å²) < 4.78 is 7.33. The Kier molecular flexibility index (Phi) is 4.17. The van der Waals surface area contributed by atoms with Crippen LogP contribution in [0.2, 0.25) is 10.8 Å². The molecule has 1 atom stereocenters. The fourth-order valence-corrected chi connectivity index (χ4v) is 5.10. The molecule has 0 N–H and O–H groups in total. The molecule has 4 rings (SSSR count). The van der Waals surface area contributed by atoms with Crippen molar-refractivity contribution in [3.05, 3.63) is 86.4 Å². The average molecular weight is 388 g/mol. The fourth-order valence-electron chi connectivity index (χ4n) is 3.52. The van der Waals surface area contributed by atoms with Crippen molar-refractivity contribution in [2.24, 2.45) is 0 Å². The molecule has 2 aliphatic rings. The Bertz CT molecular complexity index is 807. The molecule has 0 saturated heterocycles. The number of benzene rings is 2. The molecule has 0 spiro atoms. The van der Waals surface area contributed by atoms with Gasteiger partial charge in [-0.3, -0.25) is 0 Å². The van der Waals surface area contributed by atoms with E-state index in [2.05, 4.69) is 54.4 Å². The first-order chi connectivity index (χ1) is 11.3. The molecule has 1 aliphatic heterocycles. The van der Waals surface area contributed by atoms with Crippen molar-refractivity contribution >= 4 is 32.1 Å². The Morgan fingerprint density at radius 2 is 1.83 bits per heavy atom. The van der Waals surface area contributed by atoms with E-state index in [-0.39, 0.29) is 0 Å². The third kappa shape index (κ3) is 2.60. The number of halogens is 1. The molecule has 1 aliphatic carbocycles. The van der Waals surface area contributed by atoms with E-state index in [0.29, 0.717) is 20.9 Å². The second-order valence-corrected chi connectivity index (χ2v) is 8.11. The molecule has 0 amide bonds. The zero-order valence-electron chi connectivity index (χ0n) is 12.9. The van der Waals surface area contributed by atoms with Crippen LogP contribution in [0.25, 0.3) is 5.57 Å². The minimum atomic E-state index is 0.340. The molecular weight excluding hydrogens is 371 g/mol. The standard InChI is InChI=1S/C20H17ClOSe/c1-23-17-12-22-11-16-18(13-6-3-2-4-7-13)19(20(16)17)14-8-5-9-15(21)10-14/h2-10,19H,11-12H2,1H3. The summed E-state index contributed by atoms with van der Waals surface area (Å²) in [5, 5.41) is 0.805. The van der Waals surface area contributed by atoms with Crippen LogP contribution in [0.3, 0.4) is 0 Å². The number of allylic oxidation sites excluding steroid dienone is 1. The van der Waals surface area contributed by atoms with Crippen molar-refractivity contribution < 1.29 is 4.74 Å². The van der Waals surface area contributed by atoms with E-state index in [0.717, 1.165) is 18.2 Å². The van der Waals surface area contributed by atoms with Crippen molar-refractivity contribution in [2.75, 3.05) is 13.2 Å². The van der Waals surface area contributed by atoms with Gasteiger partial charge in [0.1, 0.15) is 0 Å². The molecular formula is C20H17ClOSe. The van der Waals surface area contributed by atoms with Crippen molar-refractivity contribution in [1.82, 2.24) is 0 Å². The van der Waals surface area contributed by atoms with Crippen LogP contribution < -0.4 is 0 Å². The monoisotopic (exact) mass is 388 g/mol. The third-order valence-corrected chi connectivity index (χ3v) is 6.50. The predicted octanol–water partition coefficient (Wildman–Crippen LogP) is 4.93. The average Bonchev–Trinajstić information content (AvgIpc) is 2.56. The van der Waals surface area contributed by atoms with E-state index in [1.165, 1.54) is 32.3 Å². The van der Waals surface area contributed by atoms with Crippen molar-refractivity contribution in [2.45, 2.75) is 11.7 Å². The molecule has 2 aromatic rings. The first-order valence-corrected chi connectivity index (χ1v) is 10.6. The van der Waals surface area contributed by atoms with E-state index >= 15 is 0 Å². The molecule has 3 heteroatoms. The Balaban J connectivity index is 1.90. The zero-order chi connectivity index (χ0) is 15.8. The van der Waals surface area contributed by atoms with E-state index in [1.54, 1.807) is 0 Å². The second-order valence-electron chi connectivity index (χ2n) is 5.78. The summed E-state index contributed by atoms with van der Waals surface area (Å²) >= 11 is 6.73. The number of fused-ring (bicyclic) bond motifs is 1. The summed E-state index contributed by atoms with van der Waals surface area (Å²) in [5.41, 5.74) is 6.90. The van der Waals surface area contributed by atoms with Gasteiger partial charge in [-0.05, 0) is 0 Å². The third-order valence-electron chi connectivity index (χ3n) is 4.52. The molecule has 1 nitrogen and oxygen atoms in total. The predicted molar refractivity (Wildman–Crippen MR) is 97.0 cm³/mol. The van der Waals surface area contributed by atoms with Crippen LogP contribution in [0.15, 0.2) is 70.2 Å². The van der Waals surface area contributed by atoms with Crippen LogP contribution in [0.1, 0.15) is 17.0 Å². The first kappa shape index (κ1) is 15.2. The number of ether oxygens (including phenoxy) is 1. The summed E-state index contributed by atoms with van der Waals surface area (Å²) in [6, 6.07) is 19.0. The summed E-state index contributed by atoms with van der Waals surface area (Å²) in [7, 11) is 0. The summed E-state index contributed by atoms with van der Waals surface area (Å²) in [6.45, 7) is 1.52. The molecule has 1 unspecified atom stereocenters. The van der Waals surface area contributed by atoms with Crippen LogP contribution in [0.5, 0.6) is 0 Å². The van der Waals surface area contributed by atoms with E-state index in [4.69, 9.17) is 16.3 Å².